The van der Waals surface area contributed by atoms with Crippen molar-refractivity contribution in [2.75, 3.05) is 0 Å². The van der Waals surface area contributed by atoms with Crippen LogP contribution in [-0.4, -0.2) is 25.2 Å². The Morgan fingerprint density at radius 1 is 0.617 bits per heavy atom. The van der Waals surface area contributed by atoms with Crippen LogP contribution in [0, 0.1) is 69.5 Å². The lowest BCUT2D eigenvalue weighted by molar-refractivity contribution is -0.101. The molecule has 9 aliphatic carbocycles. The van der Waals surface area contributed by atoms with E-state index in [9.17, 15) is 0 Å². The maximum absolute atomic E-state index is 8.13. The van der Waals surface area contributed by atoms with Gasteiger partial charge in [-0.3, -0.25) is 0 Å². The SMILES string of the molecule is C=Cc1ccc([Si](C)(CC2CCC3CC2C3(C)C)O[Si](C)(CC2CCC3CC2C3(C)C)O[Si](C)(C)CC2CCC3CC2C3(C)C)cc1. The van der Waals surface area contributed by atoms with Gasteiger partial charge in [0.05, 0.1) is 0 Å². The van der Waals surface area contributed by atoms with E-state index in [0.29, 0.717) is 16.2 Å². The Kier molecular flexibility index (Phi) is 8.76. The molecule has 0 saturated heterocycles. The van der Waals surface area contributed by atoms with Gasteiger partial charge in [-0.15, -0.1) is 0 Å². The van der Waals surface area contributed by atoms with Crippen LogP contribution in [0.5, 0.6) is 0 Å². The molecular formula is C42H70O2Si3. The van der Waals surface area contributed by atoms with Crippen molar-refractivity contribution in [2.24, 2.45) is 69.5 Å². The average Bonchev–Trinajstić information content (AvgIpc) is 3.00. The summed E-state index contributed by atoms with van der Waals surface area (Å²) in [5.74, 6) is 7.85. The summed E-state index contributed by atoms with van der Waals surface area (Å²) < 4.78 is 16.0. The Balaban J connectivity index is 1.20. The summed E-state index contributed by atoms with van der Waals surface area (Å²) in [5, 5.41) is 1.49. The molecule has 2 nitrogen and oxygen atoms in total. The van der Waals surface area contributed by atoms with E-state index < -0.39 is 25.2 Å². The van der Waals surface area contributed by atoms with Gasteiger partial charge in [0.25, 0.3) is 0 Å². The molecule has 11 atom stereocenters. The molecule has 0 radical (unpaired) electrons. The zero-order valence-corrected chi connectivity index (χ0v) is 35.1. The maximum atomic E-state index is 8.13. The third-order valence-corrected chi connectivity index (χ3v) is 29.8. The quantitative estimate of drug-likeness (QED) is 0.203. The van der Waals surface area contributed by atoms with Crippen molar-refractivity contribution in [2.45, 2.75) is 144 Å². The maximum Gasteiger partial charge on any atom is 0.314 e. The van der Waals surface area contributed by atoms with E-state index in [1.807, 2.05) is 6.08 Å². The van der Waals surface area contributed by atoms with E-state index >= 15 is 0 Å². The zero-order chi connectivity index (χ0) is 33.8. The molecule has 47 heavy (non-hydrogen) atoms. The second-order valence-electron chi connectivity index (χ2n) is 20.9. The van der Waals surface area contributed by atoms with Crippen LogP contribution in [-0.2, 0) is 8.23 Å². The normalized spacial score (nSPS) is 40.1. The molecule has 11 unspecified atom stereocenters. The topological polar surface area (TPSA) is 18.5 Å². The summed E-state index contributed by atoms with van der Waals surface area (Å²) in [7, 11) is -6.88. The van der Waals surface area contributed by atoms with E-state index in [2.05, 4.69) is 98.6 Å². The number of fused-ring (bicyclic) bond motifs is 6. The van der Waals surface area contributed by atoms with Gasteiger partial charge in [0.1, 0.15) is 0 Å². The van der Waals surface area contributed by atoms with Crippen molar-refractivity contribution in [1.29, 1.82) is 0 Å². The van der Waals surface area contributed by atoms with Gasteiger partial charge in [0.2, 0.25) is 8.32 Å². The third-order valence-electron chi connectivity index (χ3n) is 16.7. The van der Waals surface area contributed by atoms with E-state index in [0.717, 1.165) is 53.3 Å². The Labute approximate surface area is 293 Å². The van der Waals surface area contributed by atoms with E-state index in [1.54, 1.807) is 0 Å². The smallest absolute Gasteiger partial charge is 0.314 e. The molecule has 0 heterocycles. The average molecular weight is 691 g/mol. The molecule has 10 rings (SSSR count). The van der Waals surface area contributed by atoms with E-state index in [4.69, 9.17) is 8.23 Å². The number of benzene rings is 1. The first-order valence-electron chi connectivity index (χ1n) is 20.0. The first kappa shape index (κ1) is 35.0. The fourth-order valence-corrected chi connectivity index (χ4v) is 30.2. The van der Waals surface area contributed by atoms with Crippen molar-refractivity contribution < 1.29 is 8.23 Å². The molecule has 0 amide bonds. The van der Waals surface area contributed by atoms with Crippen molar-refractivity contribution in [3.63, 3.8) is 0 Å². The van der Waals surface area contributed by atoms with Crippen LogP contribution in [0.15, 0.2) is 30.8 Å². The lowest BCUT2D eigenvalue weighted by atomic mass is 9.46. The van der Waals surface area contributed by atoms with Crippen LogP contribution in [0.25, 0.3) is 6.08 Å². The highest BCUT2D eigenvalue weighted by Gasteiger charge is 2.60. The second-order valence-corrected chi connectivity index (χ2v) is 32.5. The molecule has 262 valence electrons. The molecule has 9 fully saturated rings. The van der Waals surface area contributed by atoms with E-state index in [-0.39, 0.29) is 0 Å². The number of rotatable bonds is 12. The third kappa shape index (κ3) is 6.04. The van der Waals surface area contributed by atoms with Crippen LogP contribution in [0.1, 0.15) is 105 Å². The number of hydrogen-bond donors (Lipinski definition) is 0. The monoisotopic (exact) mass is 690 g/mol. The summed E-state index contributed by atoms with van der Waals surface area (Å²) in [6.45, 7) is 29.8. The highest BCUT2D eigenvalue weighted by atomic mass is 28.5. The predicted molar refractivity (Wildman–Crippen MR) is 208 cm³/mol. The molecule has 0 N–H and O–H groups in total. The van der Waals surface area contributed by atoms with Crippen molar-refractivity contribution in [3.8, 4) is 0 Å². The van der Waals surface area contributed by atoms with Gasteiger partial charge in [-0.05, 0) is 170 Å². The summed E-state index contributed by atoms with van der Waals surface area (Å²) in [6.07, 6.45) is 14.8. The highest BCUT2D eigenvalue weighted by molar-refractivity contribution is 6.94. The minimum atomic E-state index is -2.55. The predicted octanol–water partition coefficient (Wildman–Crippen LogP) is 11.6. The molecule has 5 heteroatoms. The van der Waals surface area contributed by atoms with Gasteiger partial charge >= 0.3 is 8.56 Å². The summed E-state index contributed by atoms with van der Waals surface area (Å²) >= 11 is 0. The first-order valence-corrected chi connectivity index (χ1v) is 28.3. The molecule has 0 spiro atoms. The molecule has 1 aromatic rings. The zero-order valence-electron chi connectivity index (χ0n) is 32.1. The largest absolute Gasteiger partial charge is 0.436 e. The summed E-state index contributed by atoms with van der Waals surface area (Å²) in [5.41, 5.74) is 2.75. The molecule has 6 bridgehead atoms. The van der Waals surface area contributed by atoms with Gasteiger partial charge in [-0.1, -0.05) is 91.3 Å². The van der Waals surface area contributed by atoms with Gasteiger partial charge in [0.15, 0.2) is 8.32 Å². The van der Waals surface area contributed by atoms with Crippen molar-refractivity contribution >= 4 is 36.5 Å². The van der Waals surface area contributed by atoms with Gasteiger partial charge < -0.3 is 8.23 Å². The Morgan fingerprint density at radius 3 is 1.45 bits per heavy atom. The summed E-state index contributed by atoms with van der Waals surface area (Å²) in [4.78, 5) is 0. The van der Waals surface area contributed by atoms with Crippen LogP contribution in [0.2, 0.25) is 44.3 Å². The second kappa shape index (κ2) is 11.8. The van der Waals surface area contributed by atoms with Gasteiger partial charge in [-0.2, -0.15) is 0 Å². The Hall–Kier alpha value is -0.469. The molecule has 1 aromatic carbocycles. The molecule has 9 aliphatic rings. The van der Waals surface area contributed by atoms with Crippen molar-refractivity contribution in [3.05, 3.63) is 36.4 Å². The highest BCUT2D eigenvalue weighted by Crippen LogP contribution is 2.65. The lowest BCUT2D eigenvalue weighted by Crippen LogP contribution is -2.64. The fourth-order valence-electron chi connectivity index (χ4n) is 13.6. The standard InChI is InChI=1S/C42H70O2Si3/c1-12-29-13-21-36(22-14-29)46(10,27-31-16-19-34-24-38(31)41(34,4)5)44-47(11,28-32-17-20-35-25-39(32)42(35,6)7)43-45(8,9)26-30-15-18-33-23-37(30)40(33,2)3/h12-14,21-22,30-35,37-39H,1,15-20,23-28H2,2-11H3. The molecule has 0 aromatic heterocycles. The number of hydrogen-bond acceptors (Lipinski definition) is 2. The van der Waals surface area contributed by atoms with Crippen LogP contribution < -0.4 is 5.19 Å². The Bertz CT molecular complexity index is 1330. The Morgan fingerprint density at radius 2 is 1.04 bits per heavy atom. The molecule has 0 aliphatic heterocycles. The fraction of sp³-hybridized carbons (Fsp3) is 0.810. The molecule has 9 saturated carbocycles. The summed E-state index contributed by atoms with van der Waals surface area (Å²) in [6, 6.07) is 13.2. The van der Waals surface area contributed by atoms with Gasteiger partial charge in [-0.25, -0.2) is 0 Å². The lowest BCUT2D eigenvalue weighted by Gasteiger charge is -2.62. The minimum absolute atomic E-state index is 0.495. The van der Waals surface area contributed by atoms with Crippen molar-refractivity contribution in [1.82, 2.24) is 0 Å². The first-order chi connectivity index (χ1) is 21.9. The van der Waals surface area contributed by atoms with Gasteiger partial charge in [0, 0.05) is 0 Å². The van der Waals surface area contributed by atoms with Crippen LogP contribution in [0.4, 0.5) is 0 Å². The van der Waals surface area contributed by atoms with Crippen LogP contribution >= 0.6 is 0 Å². The minimum Gasteiger partial charge on any atom is -0.436 e. The van der Waals surface area contributed by atoms with E-state index in [1.165, 1.54) is 86.7 Å². The molecular weight excluding hydrogens is 621 g/mol. The van der Waals surface area contributed by atoms with Crippen LogP contribution in [0.3, 0.4) is 0 Å².